The maximum atomic E-state index is 12.5. The molecule has 0 aliphatic carbocycles. The van der Waals surface area contributed by atoms with E-state index in [9.17, 15) is 9.59 Å². The molecule has 5 nitrogen and oxygen atoms in total. The van der Waals surface area contributed by atoms with Crippen molar-refractivity contribution in [2.24, 2.45) is 0 Å². The predicted octanol–water partition coefficient (Wildman–Crippen LogP) is 2.41. The molecule has 1 heterocycles. The van der Waals surface area contributed by atoms with Gasteiger partial charge >= 0.3 is 5.69 Å². The van der Waals surface area contributed by atoms with Crippen LogP contribution in [-0.4, -0.2) is 15.9 Å². The number of carbonyl (C=O) groups is 1. The average molecular weight is 293 g/mol. The van der Waals surface area contributed by atoms with Gasteiger partial charge in [0.1, 0.15) is 5.69 Å². The van der Waals surface area contributed by atoms with Gasteiger partial charge in [0.25, 0.3) is 5.91 Å². The molecule has 2 N–H and O–H groups in total. The van der Waals surface area contributed by atoms with Gasteiger partial charge in [0, 0.05) is 5.39 Å². The second-order valence-corrected chi connectivity index (χ2v) is 5.04. The highest BCUT2D eigenvalue weighted by atomic mass is 16.2. The summed E-state index contributed by atoms with van der Waals surface area (Å²) in [5.74, 6) is -0.362. The molecule has 1 atom stereocenters. The number of nitrogens with one attached hydrogen (secondary N) is 2. The quantitative estimate of drug-likeness (QED) is 0.778. The topological polar surface area (TPSA) is 74.8 Å². The lowest BCUT2D eigenvalue weighted by molar-refractivity contribution is 0.0936. The molecule has 0 bridgehead atoms. The molecule has 110 valence electrons. The van der Waals surface area contributed by atoms with Crippen LogP contribution in [0, 0.1) is 0 Å². The lowest BCUT2D eigenvalue weighted by atomic mass is 10.1. The van der Waals surface area contributed by atoms with Gasteiger partial charge in [0.05, 0.1) is 11.6 Å². The normalized spacial score (nSPS) is 12.0. The Labute approximate surface area is 127 Å². The summed E-state index contributed by atoms with van der Waals surface area (Å²) < 4.78 is 0. The number of hydrogen-bond acceptors (Lipinski definition) is 3. The first-order valence-corrected chi connectivity index (χ1v) is 7.00. The summed E-state index contributed by atoms with van der Waals surface area (Å²) in [6.07, 6.45) is 0. The Morgan fingerprint density at radius 3 is 2.55 bits per heavy atom. The highest BCUT2D eigenvalue weighted by Crippen LogP contribution is 2.15. The Balaban J connectivity index is 1.94. The monoisotopic (exact) mass is 293 g/mol. The van der Waals surface area contributed by atoms with Crippen molar-refractivity contribution in [2.45, 2.75) is 13.0 Å². The van der Waals surface area contributed by atoms with Gasteiger partial charge in [-0.15, -0.1) is 0 Å². The zero-order valence-corrected chi connectivity index (χ0v) is 12.0. The Bertz CT molecular complexity index is 872. The number of aromatic nitrogens is 2. The first kappa shape index (κ1) is 14.0. The van der Waals surface area contributed by atoms with Gasteiger partial charge in [0.15, 0.2) is 0 Å². The molecule has 2 aromatic carbocycles. The third kappa shape index (κ3) is 2.74. The summed E-state index contributed by atoms with van der Waals surface area (Å²) in [4.78, 5) is 30.5. The van der Waals surface area contributed by atoms with Gasteiger partial charge in [-0.25, -0.2) is 4.79 Å². The molecule has 1 aromatic heterocycles. The Morgan fingerprint density at radius 2 is 1.77 bits per heavy atom. The van der Waals surface area contributed by atoms with E-state index in [0.717, 1.165) is 5.56 Å². The number of nitrogens with zero attached hydrogens (tertiary/aromatic N) is 1. The second kappa shape index (κ2) is 5.81. The molecule has 0 aliphatic heterocycles. The number of aromatic amines is 1. The number of amides is 1. The van der Waals surface area contributed by atoms with E-state index in [1.54, 1.807) is 24.3 Å². The minimum absolute atomic E-state index is 0.141. The maximum absolute atomic E-state index is 12.5. The Hall–Kier alpha value is -2.95. The lowest BCUT2D eigenvalue weighted by Crippen LogP contribution is -2.29. The summed E-state index contributed by atoms with van der Waals surface area (Å²) >= 11 is 0. The van der Waals surface area contributed by atoms with Crippen LogP contribution in [0.5, 0.6) is 0 Å². The van der Waals surface area contributed by atoms with Crippen molar-refractivity contribution < 1.29 is 4.79 Å². The SMILES string of the molecule is CC(NC(=O)c1nc(=O)[nH]c2ccccc12)c1ccccc1. The van der Waals surface area contributed by atoms with Gasteiger partial charge in [-0.05, 0) is 18.6 Å². The van der Waals surface area contributed by atoms with Gasteiger partial charge in [0.2, 0.25) is 0 Å². The van der Waals surface area contributed by atoms with Gasteiger partial charge in [-0.3, -0.25) is 4.79 Å². The molecule has 3 rings (SSSR count). The fourth-order valence-corrected chi connectivity index (χ4v) is 2.37. The van der Waals surface area contributed by atoms with Crippen LogP contribution in [0.2, 0.25) is 0 Å². The Kier molecular flexibility index (Phi) is 3.70. The molecule has 0 saturated heterocycles. The summed E-state index contributed by atoms with van der Waals surface area (Å²) in [5, 5.41) is 3.50. The van der Waals surface area contributed by atoms with Crippen molar-refractivity contribution in [2.75, 3.05) is 0 Å². The molecule has 3 aromatic rings. The van der Waals surface area contributed by atoms with Crippen molar-refractivity contribution in [3.05, 3.63) is 76.3 Å². The van der Waals surface area contributed by atoms with E-state index < -0.39 is 5.69 Å². The third-order valence-corrected chi connectivity index (χ3v) is 3.50. The van der Waals surface area contributed by atoms with Crippen LogP contribution in [0.1, 0.15) is 29.0 Å². The van der Waals surface area contributed by atoms with Gasteiger partial charge in [-0.1, -0.05) is 48.5 Å². The van der Waals surface area contributed by atoms with Crippen molar-refractivity contribution in [3.8, 4) is 0 Å². The van der Waals surface area contributed by atoms with Crippen molar-refractivity contribution >= 4 is 16.8 Å². The minimum Gasteiger partial charge on any atom is -0.344 e. The summed E-state index contributed by atoms with van der Waals surface area (Å²) in [5.41, 5.74) is 1.20. The van der Waals surface area contributed by atoms with Crippen LogP contribution in [0.4, 0.5) is 0 Å². The molecule has 5 heteroatoms. The molecule has 22 heavy (non-hydrogen) atoms. The highest BCUT2D eigenvalue weighted by Gasteiger charge is 2.16. The number of H-pyrrole nitrogens is 1. The van der Waals surface area contributed by atoms with Crippen LogP contribution in [-0.2, 0) is 0 Å². The third-order valence-electron chi connectivity index (χ3n) is 3.50. The summed E-state index contributed by atoms with van der Waals surface area (Å²) in [6.45, 7) is 1.89. The van der Waals surface area contributed by atoms with E-state index in [1.165, 1.54) is 0 Å². The van der Waals surface area contributed by atoms with Crippen molar-refractivity contribution in [3.63, 3.8) is 0 Å². The van der Waals surface area contributed by atoms with E-state index in [2.05, 4.69) is 15.3 Å². The van der Waals surface area contributed by atoms with Crippen LogP contribution in [0.25, 0.3) is 10.9 Å². The molecule has 0 saturated carbocycles. The highest BCUT2D eigenvalue weighted by molar-refractivity contribution is 6.04. The number of hydrogen-bond donors (Lipinski definition) is 2. The smallest absolute Gasteiger partial charge is 0.344 e. The molecule has 1 unspecified atom stereocenters. The zero-order chi connectivity index (χ0) is 15.5. The van der Waals surface area contributed by atoms with Crippen LogP contribution < -0.4 is 11.0 Å². The first-order valence-electron chi connectivity index (χ1n) is 7.00. The molecule has 1 amide bonds. The number of para-hydroxylation sites is 1. The first-order chi connectivity index (χ1) is 10.6. The second-order valence-electron chi connectivity index (χ2n) is 5.04. The van der Waals surface area contributed by atoms with Crippen LogP contribution in [0.3, 0.4) is 0 Å². The summed E-state index contributed by atoms with van der Waals surface area (Å²) in [6, 6.07) is 16.6. The number of benzene rings is 2. The fraction of sp³-hybridized carbons (Fsp3) is 0.118. The lowest BCUT2D eigenvalue weighted by Gasteiger charge is -2.14. The summed E-state index contributed by atoms with van der Waals surface area (Å²) in [7, 11) is 0. The predicted molar refractivity (Wildman–Crippen MR) is 84.7 cm³/mol. The van der Waals surface area contributed by atoms with E-state index in [4.69, 9.17) is 0 Å². The molecular formula is C17H15N3O2. The van der Waals surface area contributed by atoms with Crippen LogP contribution in [0.15, 0.2) is 59.4 Å². The van der Waals surface area contributed by atoms with Gasteiger partial charge < -0.3 is 10.3 Å². The Morgan fingerprint density at radius 1 is 1.09 bits per heavy atom. The van der Waals surface area contributed by atoms with Crippen LogP contribution >= 0.6 is 0 Å². The van der Waals surface area contributed by atoms with Crippen molar-refractivity contribution in [1.29, 1.82) is 0 Å². The number of fused-ring (bicyclic) bond motifs is 1. The van der Waals surface area contributed by atoms with E-state index in [-0.39, 0.29) is 17.6 Å². The van der Waals surface area contributed by atoms with E-state index in [1.807, 2.05) is 37.3 Å². The van der Waals surface area contributed by atoms with E-state index in [0.29, 0.717) is 10.9 Å². The zero-order valence-electron chi connectivity index (χ0n) is 12.0. The molecular weight excluding hydrogens is 278 g/mol. The molecule has 0 fully saturated rings. The average Bonchev–Trinajstić information content (AvgIpc) is 2.54. The number of carbonyl (C=O) groups excluding carboxylic acids is 1. The molecule has 0 aliphatic rings. The number of rotatable bonds is 3. The fourth-order valence-electron chi connectivity index (χ4n) is 2.37. The molecule has 0 spiro atoms. The maximum Gasteiger partial charge on any atom is 0.346 e. The van der Waals surface area contributed by atoms with E-state index >= 15 is 0 Å². The minimum atomic E-state index is -0.531. The van der Waals surface area contributed by atoms with Gasteiger partial charge in [-0.2, -0.15) is 4.98 Å². The standard InChI is InChI=1S/C17H15N3O2/c1-11(12-7-3-2-4-8-12)18-16(21)15-13-9-5-6-10-14(13)19-17(22)20-15/h2-11H,1H3,(H,18,21)(H,19,20,22). The van der Waals surface area contributed by atoms with Crippen molar-refractivity contribution in [1.82, 2.24) is 15.3 Å². The molecule has 0 radical (unpaired) electrons. The largest absolute Gasteiger partial charge is 0.346 e.